The van der Waals surface area contributed by atoms with Crippen LogP contribution in [0.25, 0.3) is 10.4 Å². The van der Waals surface area contributed by atoms with Gasteiger partial charge in [-0.1, -0.05) is 22.8 Å². The molecular formula is C10H11ClFN5O. The van der Waals surface area contributed by atoms with Gasteiger partial charge in [0.2, 0.25) is 5.91 Å². The summed E-state index contributed by atoms with van der Waals surface area (Å²) in [6.07, 6.45) is 0. The number of carbonyl (C=O) groups excluding carboxylic acids is 1. The van der Waals surface area contributed by atoms with E-state index in [1.807, 2.05) is 0 Å². The molecule has 0 aliphatic carbocycles. The van der Waals surface area contributed by atoms with Crippen LogP contribution in [0.15, 0.2) is 23.3 Å². The van der Waals surface area contributed by atoms with Gasteiger partial charge in [-0.3, -0.25) is 4.79 Å². The van der Waals surface area contributed by atoms with Crippen molar-refractivity contribution >= 4 is 17.5 Å². The van der Waals surface area contributed by atoms with Crippen LogP contribution < -0.4 is 11.1 Å². The largest absolute Gasteiger partial charge is 0.368 e. The Labute approximate surface area is 108 Å². The fraction of sp³-hybridized carbons (Fsp3) is 0.300. The van der Waals surface area contributed by atoms with Crippen LogP contribution in [0.5, 0.6) is 0 Å². The molecular weight excluding hydrogens is 261 g/mol. The number of hydrogen-bond acceptors (Lipinski definition) is 3. The topological polar surface area (TPSA) is 104 Å². The van der Waals surface area contributed by atoms with Gasteiger partial charge in [0.25, 0.3) is 0 Å². The summed E-state index contributed by atoms with van der Waals surface area (Å²) >= 11 is 5.62. The van der Waals surface area contributed by atoms with E-state index in [9.17, 15) is 9.18 Å². The first-order valence-electron chi connectivity index (χ1n) is 5.04. The molecule has 8 heteroatoms. The van der Waals surface area contributed by atoms with Crippen molar-refractivity contribution in [1.29, 1.82) is 0 Å². The molecule has 1 amide bonds. The second kappa shape index (κ2) is 6.80. The number of nitrogens with two attached hydrogens (primary N) is 1. The molecule has 1 aromatic rings. The third-order valence-corrected chi connectivity index (χ3v) is 2.47. The van der Waals surface area contributed by atoms with Gasteiger partial charge in [-0.15, -0.1) is 0 Å². The van der Waals surface area contributed by atoms with Crippen LogP contribution in [-0.4, -0.2) is 19.0 Å². The zero-order valence-corrected chi connectivity index (χ0v) is 10.1. The number of primary amides is 1. The number of amides is 1. The molecule has 0 saturated heterocycles. The maximum atomic E-state index is 13.0. The van der Waals surface area contributed by atoms with Crippen molar-refractivity contribution in [1.82, 2.24) is 5.32 Å². The summed E-state index contributed by atoms with van der Waals surface area (Å²) < 4.78 is 13.0. The highest BCUT2D eigenvalue weighted by Gasteiger charge is 2.17. The Kier molecular flexibility index (Phi) is 5.38. The summed E-state index contributed by atoms with van der Waals surface area (Å²) in [5.74, 6) is -1.20. The van der Waals surface area contributed by atoms with E-state index >= 15 is 0 Å². The molecule has 1 rings (SSSR count). The fourth-order valence-corrected chi connectivity index (χ4v) is 1.57. The van der Waals surface area contributed by atoms with E-state index < -0.39 is 17.8 Å². The number of hydrogen-bond donors (Lipinski definition) is 2. The van der Waals surface area contributed by atoms with Gasteiger partial charge < -0.3 is 11.1 Å². The lowest BCUT2D eigenvalue weighted by atomic mass is 10.1. The smallest absolute Gasteiger partial charge is 0.239 e. The first kappa shape index (κ1) is 14.2. The summed E-state index contributed by atoms with van der Waals surface area (Å²) in [5, 5.41) is 6.02. The molecule has 18 heavy (non-hydrogen) atoms. The molecule has 0 bridgehead atoms. The zero-order chi connectivity index (χ0) is 13.5. The second-order valence-electron chi connectivity index (χ2n) is 3.42. The van der Waals surface area contributed by atoms with Gasteiger partial charge in [-0.2, -0.15) is 0 Å². The Morgan fingerprint density at radius 1 is 1.67 bits per heavy atom. The van der Waals surface area contributed by atoms with Crippen LogP contribution in [0.4, 0.5) is 4.39 Å². The van der Waals surface area contributed by atoms with Crippen molar-refractivity contribution in [3.05, 3.63) is 45.0 Å². The Hall–Kier alpha value is -1.82. The maximum absolute atomic E-state index is 13.0. The van der Waals surface area contributed by atoms with Crippen LogP contribution in [-0.2, 0) is 4.79 Å². The lowest BCUT2D eigenvalue weighted by Gasteiger charge is -2.15. The summed E-state index contributed by atoms with van der Waals surface area (Å²) in [5.41, 5.74) is 13.8. The van der Waals surface area contributed by atoms with Gasteiger partial charge in [-0.25, -0.2) is 4.39 Å². The number of azide groups is 1. The average molecular weight is 272 g/mol. The van der Waals surface area contributed by atoms with Crippen LogP contribution >= 0.6 is 11.6 Å². The lowest BCUT2D eigenvalue weighted by Crippen LogP contribution is -2.35. The van der Waals surface area contributed by atoms with Crippen molar-refractivity contribution in [3.8, 4) is 0 Å². The molecule has 0 spiro atoms. The first-order valence-corrected chi connectivity index (χ1v) is 5.42. The van der Waals surface area contributed by atoms with E-state index in [4.69, 9.17) is 22.9 Å². The van der Waals surface area contributed by atoms with Crippen molar-refractivity contribution in [3.63, 3.8) is 0 Å². The second-order valence-corrected chi connectivity index (χ2v) is 3.82. The van der Waals surface area contributed by atoms with Crippen LogP contribution in [0, 0.1) is 5.82 Å². The normalized spacial score (nSPS) is 11.7. The van der Waals surface area contributed by atoms with Crippen molar-refractivity contribution in [2.24, 2.45) is 10.8 Å². The Morgan fingerprint density at radius 3 is 2.94 bits per heavy atom. The van der Waals surface area contributed by atoms with Gasteiger partial charge in [0.05, 0.1) is 5.02 Å². The Bertz CT molecular complexity index is 489. The fourth-order valence-electron chi connectivity index (χ4n) is 1.38. The van der Waals surface area contributed by atoms with Gasteiger partial charge in [-0.05, 0) is 23.2 Å². The summed E-state index contributed by atoms with van der Waals surface area (Å²) in [6.45, 7) is 0.446. The number of benzene rings is 1. The summed E-state index contributed by atoms with van der Waals surface area (Å²) in [7, 11) is 0. The molecule has 1 unspecified atom stereocenters. The van der Waals surface area contributed by atoms with E-state index in [0.29, 0.717) is 5.56 Å². The Morgan fingerprint density at radius 2 is 2.39 bits per heavy atom. The number of halogens is 2. The Balaban J connectivity index is 2.80. The number of nitrogens with one attached hydrogen (secondary N) is 1. The van der Waals surface area contributed by atoms with E-state index in [1.165, 1.54) is 12.1 Å². The van der Waals surface area contributed by atoms with Gasteiger partial charge in [0.1, 0.15) is 11.9 Å². The summed E-state index contributed by atoms with van der Waals surface area (Å²) in [4.78, 5) is 13.9. The molecule has 0 aliphatic rings. The summed E-state index contributed by atoms with van der Waals surface area (Å²) in [6, 6.07) is 3.09. The van der Waals surface area contributed by atoms with Crippen LogP contribution in [0.1, 0.15) is 11.6 Å². The third kappa shape index (κ3) is 3.89. The molecule has 0 aliphatic heterocycles. The molecule has 1 aromatic carbocycles. The van der Waals surface area contributed by atoms with Crippen molar-refractivity contribution in [2.75, 3.05) is 13.1 Å². The minimum atomic E-state index is -0.808. The van der Waals surface area contributed by atoms with Gasteiger partial charge >= 0.3 is 0 Å². The number of rotatable bonds is 6. The molecule has 6 nitrogen and oxygen atoms in total. The standard InChI is InChI=1S/C10H11ClFN5O/c11-7-5-6(1-2-8(7)12)9(10(13)18)15-3-4-16-17-14/h1-2,5,9,15H,3-4H2,(H2,13,18). The maximum Gasteiger partial charge on any atom is 0.239 e. The predicted molar refractivity (Wildman–Crippen MR) is 65.4 cm³/mol. The third-order valence-electron chi connectivity index (χ3n) is 2.19. The molecule has 0 heterocycles. The highest BCUT2D eigenvalue weighted by atomic mass is 35.5. The molecule has 1 atom stereocenters. The van der Waals surface area contributed by atoms with Crippen molar-refractivity contribution in [2.45, 2.75) is 6.04 Å². The van der Waals surface area contributed by atoms with Crippen LogP contribution in [0.2, 0.25) is 5.02 Å². The molecule has 3 N–H and O–H groups in total. The van der Waals surface area contributed by atoms with E-state index in [1.54, 1.807) is 0 Å². The number of nitrogens with zero attached hydrogens (tertiary/aromatic N) is 3. The molecule has 0 radical (unpaired) electrons. The predicted octanol–water partition coefficient (Wildman–Crippen LogP) is 1.91. The minimum absolute atomic E-state index is 0.0874. The number of carbonyl (C=O) groups is 1. The molecule has 96 valence electrons. The molecule has 0 saturated carbocycles. The zero-order valence-electron chi connectivity index (χ0n) is 9.31. The van der Waals surface area contributed by atoms with Crippen LogP contribution in [0.3, 0.4) is 0 Å². The van der Waals surface area contributed by atoms with E-state index in [0.717, 1.165) is 6.07 Å². The van der Waals surface area contributed by atoms with Gasteiger partial charge in [0, 0.05) is 18.0 Å². The highest BCUT2D eigenvalue weighted by Crippen LogP contribution is 2.20. The molecule has 0 aromatic heterocycles. The van der Waals surface area contributed by atoms with E-state index in [-0.39, 0.29) is 18.1 Å². The van der Waals surface area contributed by atoms with Crippen molar-refractivity contribution < 1.29 is 9.18 Å². The minimum Gasteiger partial charge on any atom is -0.368 e. The average Bonchev–Trinajstić information content (AvgIpc) is 2.32. The van der Waals surface area contributed by atoms with Gasteiger partial charge in [0.15, 0.2) is 0 Å². The quantitative estimate of drug-likeness (QED) is 0.357. The monoisotopic (exact) mass is 271 g/mol. The SMILES string of the molecule is [N-]=[N+]=NCCNC(C(N)=O)c1ccc(F)c(Cl)c1. The lowest BCUT2D eigenvalue weighted by molar-refractivity contribution is -0.120. The van der Waals surface area contributed by atoms with E-state index in [2.05, 4.69) is 15.3 Å². The molecule has 0 fully saturated rings. The highest BCUT2D eigenvalue weighted by molar-refractivity contribution is 6.30. The first-order chi connectivity index (χ1) is 8.56.